The summed E-state index contributed by atoms with van der Waals surface area (Å²) in [6.07, 6.45) is 1.88. The van der Waals surface area contributed by atoms with Crippen molar-refractivity contribution in [1.29, 1.82) is 0 Å². The van der Waals surface area contributed by atoms with Crippen LogP contribution in [0, 0.1) is 0 Å². The fourth-order valence-corrected chi connectivity index (χ4v) is 4.03. The third kappa shape index (κ3) is 1.96. The fourth-order valence-electron chi connectivity index (χ4n) is 1.73. The number of nitrogen functional groups attached to an aromatic ring is 1. The van der Waals surface area contributed by atoms with Crippen molar-refractivity contribution < 1.29 is 9.76 Å². The van der Waals surface area contributed by atoms with Crippen molar-refractivity contribution in [3.8, 4) is 0 Å². The molecule has 1 saturated heterocycles. The van der Waals surface area contributed by atoms with Crippen LogP contribution < -0.4 is 5.73 Å². The maximum atomic E-state index is 10.4. The van der Waals surface area contributed by atoms with E-state index in [1.54, 1.807) is 24.3 Å². The summed E-state index contributed by atoms with van der Waals surface area (Å²) in [5, 5.41) is 9.74. The van der Waals surface area contributed by atoms with Crippen LogP contribution in [0.3, 0.4) is 0 Å². The molecule has 4 N–H and O–H groups in total. The average Bonchev–Trinajstić information content (AvgIpc) is 2.23. The number of anilines is 1. The molecule has 0 aliphatic carbocycles. The Balaban J connectivity index is 2.30. The third-order valence-corrected chi connectivity index (χ3v) is 5.40. The lowest BCUT2D eigenvalue weighted by Gasteiger charge is -2.43. The van der Waals surface area contributed by atoms with Crippen LogP contribution in [0.1, 0.15) is 12.8 Å². The van der Waals surface area contributed by atoms with E-state index in [9.17, 15) is 9.76 Å². The Morgan fingerprint density at radius 3 is 2.47 bits per heavy atom. The zero-order valence-electron chi connectivity index (χ0n) is 8.47. The van der Waals surface area contributed by atoms with Crippen molar-refractivity contribution in [2.45, 2.75) is 17.7 Å². The predicted molar refractivity (Wildman–Crippen MR) is 61.9 cm³/mol. The van der Waals surface area contributed by atoms with E-state index in [4.69, 9.17) is 5.73 Å². The summed E-state index contributed by atoms with van der Waals surface area (Å²) in [6.45, 7) is 0.538. The zero-order valence-corrected chi connectivity index (χ0v) is 9.28. The number of hydrogen-bond acceptors (Lipinski definition) is 4. The standard InChI is InChI=1S/C10H16N2O2S/c11-9-3-5-10(6-4-9)15(14)8-2-1-7-12(15)13/h3-6,13-14H,1-2,7-8,11H2. The van der Waals surface area contributed by atoms with Crippen LogP contribution >= 0.6 is 10.5 Å². The van der Waals surface area contributed by atoms with Gasteiger partial charge in [0.2, 0.25) is 0 Å². The molecular formula is C10H16N2O2S. The molecule has 84 valence electrons. The molecule has 1 aromatic rings. The monoisotopic (exact) mass is 228 g/mol. The van der Waals surface area contributed by atoms with E-state index in [1.165, 1.54) is 0 Å². The zero-order chi connectivity index (χ0) is 10.9. The van der Waals surface area contributed by atoms with E-state index in [0.717, 1.165) is 22.2 Å². The van der Waals surface area contributed by atoms with Crippen molar-refractivity contribution >= 4 is 16.2 Å². The van der Waals surface area contributed by atoms with Gasteiger partial charge < -0.3 is 15.5 Å². The molecule has 0 saturated carbocycles. The van der Waals surface area contributed by atoms with E-state index < -0.39 is 10.5 Å². The lowest BCUT2D eigenvalue weighted by atomic mass is 10.3. The second-order valence-electron chi connectivity index (χ2n) is 3.72. The molecule has 1 atom stereocenters. The third-order valence-electron chi connectivity index (χ3n) is 2.63. The minimum Gasteiger partial charge on any atom is -0.399 e. The average molecular weight is 228 g/mol. The maximum Gasteiger partial charge on any atom is 0.0363 e. The van der Waals surface area contributed by atoms with E-state index >= 15 is 0 Å². The normalized spacial score (nSPS) is 32.1. The van der Waals surface area contributed by atoms with Crippen molar-refractivity contribution in [3.63, 3.8) is 0 Å². The quantitative estimate of drug-likeness (QED) is 0.645. The van der Waals surface area contributed by atoms with Gasteiger partial charge >= 0.3 is 0 Å². The van der Waals surface area contributed by atoms with Gasteiger partial charge in [0.05, 0.1) is 0 Å². The lowest BCUT2D eigenvalue weighted by Crippen LogP contribution is -2.32. The molecule has 2 rings (SSSR count). The van der Waals surface area contributed by atoms with E-state index in [1.807, 2.05) is 0 Å². The highest BCUT2D eigenvalue weighted by Gasteiger charge is 2.32. The molecule has 1 heterocycles. The molecule has 5 heteroatoms. The fraction of sp³-hybridized carbons (Fsp3) is 0.400. The van der Waals surface area contributed by atoms with Crippen LogP contribution in [0.2, 0.25) is 0 Å². The molecule has 0 amide bonds. The van der Waals surface area contributed by atoms with E-state index in [-0.39, 0.29) is 0 Å². The molecule has 1 aliphatic heterocycles. The Hall–Kier alpha value is -0.750. The molecule has 0 aromatic heterocycles. The van der Waals surface area contributed by atoms with Crippen LogP contribution in [0.15, 0.2) is 29.2 Å². The highest BCUT2D eigenvalue weighted by molar-refractivity contribution is 8.27. The van der Waals surface area contributed by atoms with Gasteiger partial charge in [0.1, 0.15) is 0 Å². The van der Waals surface area contributed by atoms with Gasteiger partial charge in [-0.1, -0.05) is 0 Å². The van der Waals surface area contributed by atoms with Crippen molar-refractivity contribution in [3.05, 3.63) is 24.3 Å². The van der Waals surface area contributed by atoms with E-state index in [2.05, 4.69) is 0 Å². The number of hydroxylamine groups is 1. The van der Waals surface area contributed by atoms with Crippen LogP contribution in [0.4, 0.5) is 5.69 Å². The van der Waals surface area contributed by atoms with Crippen LogP contribution in [-0.4, -0.2) is 26.5 Å². The first kappa shape index (κ1) is 10.8. The first-order valence-corrected chi connectivity index (χ1v) is 6.70. The molecule has 1 fully saturated rings. The summed E-state index contributed by atoms with van der Waals surface area (Å²) in [5.41, 5.74) is 6.25. The topological polar surface area (TPSA) is 69.7 Å². The van der Waals surface area contributed by atoms with Gasteiger partial charge in [0, 0.05) is 22.9 Å². The van der Waals surface area contributed by atoms with Crippen LogP contribution in [0.25, 0.3) is 0 Å². The summed E-state index contributed by atoms with van der Waals surface area (Å²) in [7, 11) is -2.18. The van der Waals surface area contributed by atoms with Gasteiger partial charge in [-0.2, -0.15) is 0 Å². The molecule has 0 radical (unpaired) electrons. The first-order valence-electron chi connectivity index (χ1n) is 4.98. The van der Waals surface area contributed by atoms with Crippen molar-refractivity contribution in [1.82, 2.24) is 4.47 Å². The van der Waals surface area contributed by atoms with Crippen molar-refractivity contribution in [2.75, 3.05) is 18.0 Å². The maximum absolute atomic E-state index is 10.4. The molecule has 4 nitrogen and oxygen atoms in total. The van der Waals surface area contributed by atoms with E-state index in [0.29, 0.717) is 18.0 Å². The Kier molecular flexibility index (Phi) is 2.88. The second kappa shape index (κ2) is 4.02. The lowest BCUT2D eigenvalue weighted by molar-refractivity contribution is -0.00400. The summed E-state index contributed by atoms with van der Waals surface area (Å²) in [4.78, 5) is 0.777. The summed E-state index contributed by atoms with van der Waals surface area (Å²) in [5.74, 6) is 0.632. The Labute approximate surface area is 90.9 Å². The molecule has 1 aromatic carbocycles. The minimum atomic E-state index is -2.18. The predicted octanol–water partition coefficient (Wildman–Crippen LogP) is 2.31. The SMILES string of the molecule is Nc1ccc(S2(O)CCCCN2O)cc1. The highest BCUT2D eigenvalue weighted by atomic mass is 32.3. The van der Waals surface area contributed by atoms with Gasteiger partial charge in [-0.05, 0) is 47.6 Å². The molecule has 15 heavy (non-hydrogen) atoms. The van der Waals surface area contributed by atoms with Gasteiger partial charge in [-0.3, -0.25) is 0 Å². The van der Waals surface area contributed by atoms with Crippen LogP contribution in [-0.2, 0) is 0 Å². The number of nitrogens with zero attached hydrogens (tertiary/aromatic N) is 1. The van der Waals surface area contributed by atoms with Gasteiger partial charge in [-0.15, -0.1) is 4.47 Å². The summed E-state index contributed by atoms with van der Waals surface area (Å²) in [6, 6.07) is 7.09. The number of nitrogens with two attached hydrogens (primary N) is 1. The van der Waals surface area contributed by atoms with Gasteiger partial charge in [-0.25, -0.2) is 0 Å². The minimum absolute atomic E-state index is 0.538. The highest BCUT2D eigenvalue weighted by Crippen LogP contribution is 2.56. The summed E-state index contributed by atoms with van der Waals surface area (Å²) >= 11 is 0. The van der Waals surface area contributed by atoms with Crippen LogP contribution in [0.5, 0.6) is 0 Å². The molecule has 0 bridgehead atoms. The van der Waals surface area contributed by atoms with Gasteiger partial charge in [0.25, 0.3) is 0 Å². The Morgan fingerprint density at radius 2 is 1.87 bits per heavy atom. The summed E-state index contributed by atoms with van der Waals surface area (Å²) < 4.78 is 11.5. The molecule has 1 aliphatic rings. The largest absolute Gasteiger partial charge is 0.399 e. The first-order chi connectivity index (χ1) is 7.13. The smallest absolute Gasteiger partial charge is 0.0363 e. The van der Waals surface area contributed by atoms with Gasteiger partial charge in [0.15, 0.2) is 0 Å². The second-order valence-corrected chi connectivity index (χ2v) is 6.36. The number of benzene rings is 1. The Morgan fingerprint density at radius 1 is 1.20 bits per heavy atom. The molecule has 0 spiro atoms. The number of rotatable bonds is 1. The molecule has 1 unspecified atom stereocenters. The molecular weight excluding hydrogens is 212 g/mol. The van der Waals surface area contributed by atoms with Crippen molar-refractivity contribution in [2.24, 2.45) is 0 Å². The number of hydrogen-bond donors (Lipinski definition) is 3. The Bertz CT molecular complexity index is 344.